The molecular formula is C23H22ClN5O. The number of anilines is 1. The molecule has 0 aliphatic heterocycles. The molecule has 0 radical (unpaired) electrons. The molecule has 5 rings (SSSR count). The lowest BCUT2D eigenvalue weighted by Gasteiger charge is -2.12. The Morgan fingerprint density at radius 3 is 2.77 bits per heavy atom. The van der Waals surface area contributed by atoms with Crippen LogP contribution >= 0.6 is 11.6 Å². The van der Waals surface area contributed by atoms with Gasteiger partial charge in [0, 0.05) is 17.8 Å². The number of hydrogen-bond acceptors (Lipinski definition) is 5. The Balaban J connectivity index is 1.67. The quantitative estimate of drug-likeness (QED) is 0.434. The number of hydrogen-bond donors (Lipinski definition) is 1. The number of rotatable bonds is 5. The summed E-state index contributed by atoms with van der Waals surface area (Å²) in [5.74, 6) is 1.42. The first kappa shape index (κ1) is 18.9. The molecule has 1 aliphatic carbocycles. The van der Waals surface area contributed by atoms with Gasteiger partial charge in [0.05, 0.1) is 23.9 Å². The van der Waals surface area contributed by atoms with Crippen molar-refractivity contribution < 1.29 is 4.74 Å². The van der Waals surface area contributed by atoms with Crippen molar-refractivity contribution in [2.45, 2.75) is 31.7 Å². The van der Waals surface area contributed by atoms with Gasteiger partial charge in [-0.2, -0.15) is 5.10 Å². The van der Waals surface area contributed by atoms with Crippen LogP contribution in [0.25, 0.3) is 28.0 Å². The van der Waals surface area contributed by atoms with E-state index in [0.717, 1.165) is 46.6 Å². The highest BCUT2D eigenvalue weighted by Crippen LogP contribution is 2.36. The van der Waals surface area contributed by atoms with E-state index >= 15 is 0 Å². The van der Waals surface area contributed by atoms with E-state index < -0.39 is 0 Å². The first-order chi connectivity index (χ1) is 14.7. The number of fused-ring (bicyclic) bond motifs is 1. The molecule has 0 bridgehead atoms. The second kappa shape index (κ2) is 7.95. The number of aromatic nitrogens is 4. The van der Waals surface area contributed by atoms with Gasteiger partial charge >= 0.3 is 0 Å². The molecule has 7 heteroatoms. The zero-order valence-corrected chi connectivity index (χ0v) is 17.4. The summed E-state index contributed by atoms with van der Waals surface area (Å²) < 4.78 is 7.16. The van der Waals surface area contributed by atoms with Gasteiger partial charge in [0.2, 0.25) is 5.95 Å². The number of nitrogens with one attached hydrogen (secondary N) is 1. The van der Waals surface area contributed by atoms with Crippen molar-refractivity contribution in [2.75, 3.05) is 12.4 Å². The molecule has 0 atom stereocenters. The molecule has 6 nitrogen and oxygen atoms in total. The first-order valence-electron chi connectivity index (χ1n) is 10.1. The molecule has 3 aromatic heterocycles. The van der Waals surface area contributed by atoms with Crippen molar-refractivity contribution in [3.63, 3.8) is 0 Å². The maximum Gasteiger partial charge on any atom is 0.223 e. The van der Waals surface area contributed by atoms with E-state index in [0.29, 0.717) is 17.1 Å². The Hall–Kier alpha value is -3.12. The van der Waals surface area contributed by atoms with E-state index in [-0.39, 0.29) is 0 Å². The lowest BCUT2D eigenvalue weighted by molar-refractivity contribution is 0.415. The second-order valence-electron chi connectivity index (χ2n) is 7.49. The van der Waals surface area contributed by atoms with Crippen molar-refractivity contribution in [2.24, 2.45) is 0 Å². The monoisotopic (exact) mass is 419 g/mol. The van der Waals surface area contributed by atoms with Gasteiger partial charge in [0.15, 0.2) is 0 Å². The van der Waals surface area contributed by atoms with Crippen LogP contribution in [-0.4, -0.2) is 32.7 Å². The standard InChI is InChI=1S/C23H22ClN5O/c1-30-17-9-4-6-15(14-17)22-21(19-10-5-11-20(24)29(19)28-22)18-12-13-25-23(27-18)26-16-7-2-3-8-16/h4-6,9-14,16H,2-3,7-8H2,1H3,(H,25,26,27). The predicted octanol–water partition coefficient (Wildman–Crippen LogP) is 5.47. The number of ether oxygens (including phenoxy) is 1. The summed E-state index contributed by atoms with van der Waals surface area (Å²) >= 11 is 6.45. The van der Waals surface area contributed by atoms with Crippen molar-refractivity contribution in [3.05, 3.63) is 59.9 Å². The molecule has 0 saturated heterocycles. The summed E-state index contributed by atoms with van der Waals surface area (Å²) in [6, 6.07) is 16.0. The van der Waals surface area contributed by atoms with Gasteiger partial charge in [0.1, 0.15) is 16.6 Å². The predicted molar refractivity (Wildman–Crippen MR) is 119 cm³/mol. The topological polar surface area (TPSA) is 64.3 Å². The van der Waals surface area contributed by atoms with E-state index in [9.17, 15) is 0 Å². The molecule has 1 aliphatic rings. The average molecular weight is 420 g/mol. The molecule has 4 aromatic rings. The third kappa shape index (κ3) is 3.48. The molecule has 0 unspecified atom stereocenters. The fourth-order valence-electron chi connectivity index (χ4n) is 4.08. The average Bonchev–Trinajstić information content (AvgIpc) is 3.42. The first-order valence-corrected chi connectivity index (χ1v) is 10.5. The minimum atomic E-state index is 0.441. The van der Waals surface area contributed by atoms with Gasteiger partial charge in [-0.15, -0.1) is 0 Å². The zero-order valence-electron chi connectivity index (χ0n) is 16.7. The van der Waals surface area contributed by atoms with Gasteiger partial charge < -0.3 is 10.1 Å². The molecule has 0 amide bonds. The van der Waals surface area contributed by atoms with Gasteiger partial charge in [-0.05, 0) is 43.2 Å². The van der Waals surface area contributed by atoms with Gasteiger partial charge in [-0.1, -0.05) is 42.6 Å². The molecule has 30 heavy (non-hydrogen) atoms. The van der Waals surface area contributed by atoms with Crippen LogP contribution < -0.4 is 10.1 Å². The maximum absolute atomic E-state index is 6.45. The Morgan fingerprint density at radius 2 is 1.93 bits per heavy atom. The van der Waals surface area contributed by atoms with E-state index in [1.807, 2.05) is 48.5 Å². The molecule has 3 heterocycles. The summed E-state index contributed by atoms with van der Waals surface area (Å²) in [5.41, 5.74) is 4.36. The van der Waals surface area contributed by atoms with Crippen LogP contribution in [0.5, 0.6) is 5.75 Å². The normalized spacial score (nSPS) is 14.3. The Kier molecular flexibility index (Phi) is 5.01. The third-order valence-corrected chi connectivity index (χ3v) is 5.84. The van der Waals surface area contributed by atoms with Crippen molar-refractivity contribution in [1.82, 2.24) is 19.6 Å². The molecule has 1 fully saturated rings. The summed E-state index contributed by atoms with van der Waals surface area (Å²) in [7, 11) is 1.66. The van der Waals surface area contributed by atoms with Gasteiger partial charge in [-0.3, -0.25) is 0 Å². The maximum atomic E-state index is 6.45. The Labute approximate surface area is 179 Å². The SMILES string of the molecule is COc1cccc(-c2nn3c(Cl)cccc3c2-c2ccnc(NC3CCCC3)n2)c1. The number of nitrogens with zero attached hydrogens (tertiary/aromatic N) is 4. The summed E-state index contributed by atoms with van der Waals surface area (Å²) in [6.07, 6.45) is 6.63. The number of benzene rings is 1. The van der Waals surface area contributed by atoms with Crippen molar-refractivity contribution in [1.29, 1.82) is 0 Å². The van der Waals surface area contributed by atoms with E-state index in [1.165, 1.54) is 12.8 Å². The third-order valence-electron chi connectivity index (χ3n) is 5.55. The fourth-order valence-corrected chi connectivity index (χ4v) is 4.28. The van der Waals surface area contributed by atoms with Crippen LogP contribution in [0, 0.1) is 0 Å². The highest BCUT2D eigenvalue weighted by molar-refractivity contribution is 6.29. The largest absolute Gasteiger partial charge is 0.497 e. The molecule has 1 saturated carbocycles. The molecular weight excluding hydrogens is 398 g/mol. The van der Waals surface area contributed by atoms with Crippen molar-refractivity contribution in [3.8, 4) is 28.3 Å². The van der Waals surface area contributed by atoms with Crippen LogP contribution in [0.4, 0.5) is 5.95 Å². The summed E-state index contributed by atoms with van der Waals surface area (Å²) in [4.78, 5) is 9.28. The molecule has 152 valence electrons. The lowest BCUT2D eigenvalue weighted by atomic mass is 10.0. The van der Waals surface area contributed by atoms with E-state index in [4.69, 9.17) is 26.4 Å². The molecule has 0 spiro atoms. The second-order valence-corrected chi connectivity index (χ2v) is 7.88. The lowest BCUT2D eigenvalue weighted by Crippen LogP contribution is -2.16. The van der Waals surface area contributed by atoms with Gasteiger partial charge in [0.25, 0.3) is 0 Å². The minimum absolute atomic E-state index is 0.441. The molecule has 1 aromatic carbocycles. The van der Waals surface area contributed by atoms with E-state index in [1.54, 1.807) is 17.8 Å². The highest BCUT2D eigenvalue weighted by atomic mass is 35.5. The zero-order chi connectivity index (χ0) is 20.5. The number of halogens is 1. The summed E-state index contributed by atoms with van der Waals surface area (Å²) in [6.45, 7) is 0. The van der Waals surface area contributed by atoms with Crippen LogP contribution in [-0.2, 0) is 0 Å². The Morgan fingerprint density at radius 1 is 1.10 bits per heavy atom. The van der Waals surface area contributed by atoms with Crippen LogP contribution in [0.2, 0.25) is 5.15 Å². The smallest absolute Gasteiger partial charge is 0.223 e. The van der Waals surface area contributed by atoms with Crippen LogP contribution in [0.3, 0.4) is 0 Å². The van der Waals surface area contributed by atoms with E-state index in [2.05, 4.69) is 10.3 Å². The minimum Gasteiger partial charge on any atom is -0.497 e. The highest BCUT2D eigenvalue weighted by Gasteiger charge is 2.21. The molecule has 1 N–H and O–H groups in total. The fraction of sp³-hybridized carbons (Fsp3) is 0.261. The van der Waals surface area contributed by atoms with Gasteiger partial charge in [-0.25, -0.2) is 14.5 Å². The van der Waals surface area contributed by atoms with Crippen LogP contribution in [0.15, 0.2) is 54.7 Å². The van der Waals surface area contributed by atoms with Crippen LogP contribution in [0.1, 0.15) is 25.7 Å². The number of pyridine rings is 1. The number of methoxy groups -OCH3 is 1. The summed E-state index contributed by atoms with van der Waals surface area (Å²) in [5, 5.41) is 8.84. The Bertz CT molecular complexity index is 1200. The van der Waals surface area contributed by atoms with Crippen molar-refractivity contribution >= 4 is 23.1 Å².